The molecule has 1 aromatic heterocycles. The first-order valence-corrected chi connectivity index (χ1v) is 7.23. The van der Waals surface area contributed by atoms with Gasteiger partial charge in [-0.15, -0.1) is 6.42 Å². The van der Waals surface area contributed by atoms with Crippen LogP contribution in [-0.4, -0.2) is 23.7 Å². The number of terminal acetylenes is 1. The summed E-state index contributed by atoms with van der Waals surface area (Å²) in [5.41, 5.74) is 0. The minimum Gasteiger partial charge on any atom is -0.479 e. The number of benzene rings is 1. The van der Waals surface area contributed by atoms with Crippen LogP contribution in [-0.2, 0) is 9.53 Å². The maximum atomic E-state index is 12.9. The van der Waals surface area contributed by atoms with Crippen LogP contribution in [0.2, 0.25) is 5.02 Å². The summed E-state index contributed by atoms with van der Waals surface area (Å²) < 4.78 is 28.6. The van der Waals surface area contributed by atoms with E-state index in [1.807, 2.05) is 0 Å². The first-order chi connectivity index (χ1) is 11.5. The van der Waals surface area contributed by atoms with E-state index in [-0.39, 0.29) is 17.5 Å². The monoisotopic (exact) mass is 349 g/mol. The molecule has 0 spiro atoms. The summed E-state index contributed by atoms with van der Waals surface area (Å²) in [6, 6.07) is 7.48. The van der Waals surface area contributed by atoms with E-state index in [0.29, 0.717) is 11.5 Å². The van der Waals surface area contributed by atoms with Gasteiger partial charge in [-0.2, -0.15) is 0 Å². The van der Waals surface area contributed by atoms with Crippen molar-refractivity contribution in [3.05, 3.63) is 47.4 Å². The van der Waals surface area contributed by atoms with Crippen molar-refractivity contribution in [3.63, 3.8) is 0 Å². The van der Waals surface area contributed by atoms with E-state index in [1.165, 1.54) is 0 Å². The summed E-state index contributed by atoms with van der Waals surface area (Å²) >= 11 is 5.84. The number of hydrogen-bond acceptors (Lipinski definition) is 5. The summed E-state index contributed by atoms with van der Waals surface area (Å²) in [7, 11) is 0. The van der Waals surface area contributed by atoms with Gasteiger partial charge in [0.15, 0.2) is 12.7 Å². The van der Waals surface area contributed by atoms with Crippen molar-refractivity contribution in [1.82, 2.24) is 4.98 Å². The Morgan fingerprint density at radius 2 is 2.04 bits per heavy atom. The third-order valence-electron chi connectivity index (χ3n) is 2.75. The van der Waals surface area contributed by atoms with Crippen LogP contribution in [0.3, 0.4) is 0 Å². The molecule has 1 atom stereocenters. The highest BCUT2D eigenvalue weighted by Gasteiger charge is 2.16. The topological polar surface area (TPSA) is 57.7 Å². The molecule has 0 aliphatic carbocycles. The third-order valence-corrected chi connectivity index (χ3v) is 3.03. The Bertz CT molecular complexity index is 758. The van der Waals surface area contributed by atoms with Crippen molar-refractivity contribution in [1.29, 1.82) is 0 Å². The zero-order valence-corrected chi connectivity index (χ0v) is 13.4. The third kappa shape index (κ3) is 4.86. The molecule has 0 N–H and O–H groups in total. The van der Waals surface area contributed by atoms with Gasteiger partial charge in [-0.25, -0.2) is 14.2 Å². The molecule has 2 aromatic rings. The average Bonchev–Trinajstić information content (AvgIpc) is 2.56. The van der Waals surface area contributed by atoms with Crippen LogP contribution in [0.4, 0.5) is 4.39 Å². The minimum atomic E-state index is -0.807. The SMILES string of the molecule is C#CCOC(=O)C(C)Oc1ccc(Oc2ncc(F)cc2Cl)cc1. The number of rotatable bonds is 6. The number of esters is 1. The second kappa shape index (κ2) is 8.18. The molecule has 0 fully saturated rings. The molecule has 0 saturated carbocycles. The van der Waals surface area contributed by atoms with E-state index in [9.17, 15) is 9.18 Å². The molecular weight excluding hydrogens is 337 g/mol. The number of carbonyl (C=O) groups is 1. The van der Waals surface area contributed by atoms with Crippen LogP contribution in [0, 0.1) is 18.2 Å². The number of hydrogen-bond donors (Lipinski definition) is 0. The van der Waals surface area contributed by atoms with E-state index in [2.05, 4.69) is 10.9 Å². The fourth-order valence-electron chi connectivity index (χ4n) is 1.66. The fourth-order valence-corrected chi connectivity index (χ4v) is 1.85. The second-order valence-electron chi connectivity index (χ2n) is 4.59. The maximum absolute atomic E-state index is 12.9. The van der Waals surface area contributed by atoms with Gasteiger partial charge in [0, 0.05) is 0 Å². The van der Waals surface area contributed by atoms with Crippen molar-refractivity contribution >= 4 is 17.6 Å². The Balaban J connectivity index is 1.98. The van der Waals surface area contributed by atoms with Crippen molar-refractivity contribution in [2.45, 2.75) is 13.0 Å². The first-order valence-electron chi connectivity index (χ1n) is 6.85. The number of halogens is 2. The highest BCUT2D eigenvalue weighted by molar-refractivity contribution is 6.31. The van der Waals surface area contributed by atoms with Gasteiger partial charge in [0.25, 0.3) is 0 Å². The second-order valence-corrected chi connectivity index (χ2v) is 4.99. The molecule has 24 heavy (non-hydrogen) atoms. The van der Waals surface area contributed by atoms with E-state index in [4.69, 9.17) is 32.2 Å². The Kier molecular flexibility index (Phi) is 5.99. The van der Waals surface area contributed by atoms with Gasteiger partial charge in [0.2, 0.25) is 5.88 Å². The summed E-state index contributed by atoms with van der Waals surface area (Å²) in [4.78, 5) is 15.3. The van der Waals surface area contributed by atoms with Crippen LogP contribution in [0.1, 0.15) is 6.92 Å². The molecule has 1 aromatic carbocycles. The molecule has 124 valence electrons. The quantitative estimate of drug-likeness (QED) is 0.589. The molecule has 1 unspecified atom stereocenters. The predicted octanol–water partition coefficient (Wildman–Crippen LogP) is 3.61. The molecule has 0 radical (unpaired) electrons. The van der Waals surface area contributed by atoms with Crippen LogP contribution in [0.15, 0.2) is 36.5 Å². The molecule has 0 amide bonds. The molecule has 7 heteroatoms. The van der Waals surface area contributed by atoms with Gasteiger partial charge in [-0.1, -0.05) is 17.5 Å². The molecule has 2 rings (SSSR count). The molecule has 0 aliphatic rings. The van der Waals surface area contributed by atoms with E-state index < -0.39 is 17.9 Å². The van der Waals surface area contributed by atoms with Gasteiger partial charge in [-0.3, -0.25) is 0 Å². The van der Waals surface area contributed by atoms with Gasteiger partial charge < -0.3 is 14.2 Å². The molecule has 0 aliphatic heterocycles. The van der Waals surface area contributed by atoms with Crippen molar-refractivity contribution in [3.8, 4) is 29.7 Å². The summed E-state index contributed by atoms with van der Waals surface area (Å²) in [6.45, 7) is 1.44. The van der Waals surface area contributed by atoms with Crippen LogP contribution < -0.4 is 9.47 Å². The zero-order valence-electron chi connectivity index (χ0n) is 12.7. The Hall–Kier alpha value is -2.78. The standard InChI is InChI=1S/C17H13ClFNO4/c1-3-8-22-17(21)11(2)23-13-4-6-14(7-5-13)24-16-15(18)9-12(19)10-20-16/h1,4-7,9-11H,8H2,2H3. The number of ether oxygens (including phenoxy) is 3. The minimum absolute atomic E-state index is 0.0557. The van der Waals surface area contributed by atoms with E-state index in [1.54, 1.807) is 31.2 Å². The largest absolute Gasteiger partial charge is 0.479 e. The van der Waals surface area contributed by atoms with Gasteiger partial charge in [0.1, 0.15) is 22.3 Å². The highest BCUT2D eigenvalue weighted by Crippen LogP contribution is 2.28. The van der Waals surface area contributed by atoms with Crippen LogP contribution >= 0.6 is 11.6 Å². The number of aromatic nitrogens is 1. The highest BCUT2D eigenvalue weighted by atomic mass is 35.5. The number of pyridine rings is 1. The van der Waals surface area contributed by atoms with Crippen molar-refractivity contribution < 1.29 is 23.4 Å². The van der Waals surface area contributed by atoms with E-state index in [0.717, 1.165) is 12.3 Å². The number of carbonyl (C=O) groups excluding carboxylic acids is 1. The first kappa shape index (κ1) is 17.6. The van der Waals surface area contributed by atoms with Gasteiger partial charge in [0.05, 0.1) is 6.20 Å². The Morgan fingerprint density at radius 3 is 2.67 bits per heavy atom. The van der Waals surface area contributed by atoms with Crippen LogP contribution in [0.25, 0.3) is 0 Å². The van der Waals surface area contributed by atoms with Gasteiger partial charge in [-0.05, 0) is 37.3 Å². The molecular formula is C17H13ClFNO4. The lowest BCUT2D eigenvalue weighted by atomic mass is 10.3. The number of nitrogens with zero attached hydrogens (tertiary/aromatic N) is 1. The van der Waals surface area contributed by atoms with Crippen molar-refractivity contribution in [2.24, 2.45) is 0 Å². The zero-order chi connectivity index (χ0) is 17.5. The normalized spacial score (nSPS) is 11.2. The summed E-state index contributed by atoms with van der Waals surface area (Å²) in [6.07, 6.45) is 5.21. The Labute approximate surface area is 143 Å². The fraction of sp³-hybridized carbons (Fsp3) is 0.176. The summed E-state index contributed by atoms with van der Waals surface area (Å²) in [5.74, 6) is 2.03. The van der Waals surface area contributed by atoms with Crippen molar-refractivity contribution in [2.75, 3.05) is 6.61 Å². The van der Waals surface area contributed by atoms with Gasteiger partial charge >= 0.3 is 5.97 Å². The molecule has 0 saturated heterocycles. The molecule has 1 heterocycles. The maximum Gasteiger partial charge on any atom is 0.347 e. The van der Waals surface area contributed by atoms with E-state index >= 15 is 0 Å². The summed E-state index contributed by atoms with van der Waals surface area (Å²) in [5, 5.41) is 0.0557. The lowest BCUT2D eigenvalue weighted by Gasteiger charge is -2.13. The smallest absolute Gasteiger partial charge is 0.347 e. The lowest BCUT2D eigenvalue weighted by molar-refractivity contribution is -0.149. The average molecular weight is 350 g/mol. The predicted molar refractivity (Wildman–Crippen MR) is 85.6 cm³/mol. The molecule has 0 bridgehead atoms. The molecule has 5 nitrogen and oxygen atoms in total. The Morgan fingerprint density at radius 1 is 1.38 bits per heavy atom. The van der Waals surface area contributed by atoms with Crippen LogP contribution in [0.5, 0.6) is 17.4 Å². The lowest BCUT2D eigenvalue weighted by Crippen LogP contribution is -2.26.